The Morgan fingerprint density at radius 2 is 2.19 bits per heavy atom. The van der Waals surface area contributed by atoms with E-state index in [1.54, 1.807) is 20.8 Å². The van der Waals surface area contributed by atoms with E-state index in [0.29, 0.717) is 0 Å². The molecule has 1 heterocycles. The number of nitrogens with zero attached hydrogens (tertiary/aromatic N) is 1. The number of carbonyl (C=O) groups excluding carboxylic acids is 1. The summed E-state index contributed by atoms with van der Waals surface area (Å²) in [6.45, 7) is 5.14. The van der Waals surface area contributed by atoms with Crippen molar-refractivity contribution in [2.75, 3.05) is 5.32 Å². The molecule has 1 rings (SSSR count). The molecule has 0 saturated carbocycles. The second kappa shape index (κ2) is 4.52. The molecule has 1 aromatic heterocycles. The van der Waals surface area contributed by atoms with Crippen molar-refractivity contribution in [3.8, 4) is 0 Å². The minimum atomic E-state index is -0.743. The standard InChI is InChI=1S/C9H12ClN3O3/c1-9(2,3)16-8(15)11-7-5(14)4-6(10)12-13-7/h4H,1-3H3,(H,12,14)(H,11,13,15). The lowest BCUT2D eigenvalue weighted by atomic mass is 10.2. The van der Waals surface area contributed by atoms with E-state index in [4.69, 9.17) is 16.3 Å². The predicted octanol–water partition coefficient (Wildman–Crippen LogP) is 1.77. The third kappa shape index (κ3) is 3.90. The molecule has 0 unspecified atom stereocenters. The number of aromatic amines is 1. The normalized spacial score (nSPS) is 11.0. The Labute approximate surface area is 97.0 Å². The number of amides is 1. The van der Waals surface area contributed by atoms with Crippen LogP contribution in [0.1, 0.15) is 20.8 Å². The number of halogens is 1. The first-order valence-corrected chi connectivity index (χ1v) is 4.91. The highest BCUT2D eigenvalue weighted by Crippen LogP contribution is 2.08. The maximum atomic E-state index is 11.3. The van der Waals surface area contributed by atoms with Gasteiger partial charge in [-0.25, -0.2) is 4.79 Å². The maximum Gasteiger partial charge on any atom is 0.413 e. The SMILES string of the molecule is CC(C)(C)OC(=O)Nc1n[nH]c(Cl)cc1=O. The Morgan fingerprint density at radius 1 is 1.56 bits per heavy atom. The molecule has 0 spiro atoms. The second-order valence-corrected chi connectivity index (χ2v) is 4.46. The summed E-state index contributed by atoms with van der Waals surface area (Å²) in [4.78, 5) is 22.6. The molecule has 6 nitrogen and oxygen atoms in total. The number of rotatable bonds is 1. The van der Waals surface area contributed by atoms with Crippen LogP contribution in [0.25, 0.3) is 0 Å². The summed E-state index contributed by atoms with van der Waals surface area (Å²) < 4.78 is 4.95. The zero-order chi connectivity index (χ0) is 12.3. The number of ether oxygens (including phenoxy) is 1. The molecular formula is C9H12ClN3O3. The molecule has 0 aliphatic heterocycles. The smallest absolute Gasteiger partial charge is 0.413 e. The van der Waals surface area contributed by atoms with Crippen molar-refractivity contribution in [2.24, 2.45) is 0 Å². The fourth-order valence-corrected chi connectivity index (χ4v) is 1.01. The maximum absolute atomic E-state index is 11.3. The topological polar surface area (TPSA) is 84.1 Å². The molecule has 7 heteroatoms. The van der Waals surface area contributed by atoms with E-state index >= 15 is 0 Å². The number of hydrogen-bond acceptors (Lipinski definition) is 4. The van der Waals surface area contributed by atoms with Gasteiger partial charge in [-0.2, -0.15) is 5.10 Å². The van der Waals surface area contributed by atoms with Gasteiger partial charge < -0.3 is 4.74 Å². The van der Waals surface area contributed by atoms with Crippen LogP contribution >= 0.6 is 11.6 Å². The highest BCUT2D eigenvalue weighted by molar-refractivity contribution is 6.29. The Hall–Kier alpha value is -1.56. The van der Waals surface area contributed by atoms with Crippen molar-refractivity contribution >= 4 is 23.5 Å². The molecule has 1 aromatic rings. The van der Waals surface area contributed by atoms with Crippen LogP contribution in [0.2, 0.25) is 5.15 Å². The van der Waals surface area contributed by atoms with Gasteiger partial charge in [0, 0.05) is 6.07 Å². The summed E-state index contributed by atoms with van der Waals surface area (Å²) >= 11 is 5.50. The lowest BCUT2D eigenvalue weighted by Crippen LogP contribution is -2.29. The third-order valence-corrected chi connectivity index (χ3v) is 1.58. The molecule has 0 aliphatic carbocycles. The Bertz CT molecular complexity index is 450. The summed E-state index contributed by atoms with van der Waals surface area (Å²) in [5, 5.41) is 8.24. The van der Waals surface area contributed by atoms with E-state index in [1.807, 2.05) is 0 Å². The molecule has 0 saturated heterocycles. The van der Waals surface area contributed by atoms with E-state index in [0.717, 1.165) is 6.07 Å². The minimum Gasteiger partial charge on any atom is -0.444 e. The molecule has 0 radical (unpaired) electrons. The highest BCUT2D eigenvalue weighted by Gasteiger charge is 2.17. The van der Waals surface area contributed by atoms with Crippen LogP contribution in [0, 0.1) is 0 Å². The number of H-pyrrole nitrogens is 1. The van der Waals surface area contributed by atoms with Crippen LogP contribution in [0.15, 0.2) is 10.9 Å². The predicted molar refractivity (Wildman–Crippen MR) is 59.7 cm³/mol. The lowest BCUT2D eigenvalue weighted by Gasteiger charge is -2.19. The Kier molecular flexibility index (Phi) is 3.54. The molecular weight excluding hydrogens is 234 g/mol. The summed E-state index contributed by atoms with van der Waals surface area (Å²) in [6, 6.07) is 1.11. The van der Waals surface area contributed by atoms with Gasteiger partial charge in [-0.15, -0.1) is 0 Å². The minimum absolute atomic E-state index is 0.0970. The van der Waals surface area contributed by atoms with Crippen LogP contribution in [0.3, 0.4) is 0 Å². The summed E-state index contributed by atoms with van der Waals surface area (Å²) in [7, 11) is 0. The van der Waals surface area contributed by atoms with Gasteiger partial charge in [0.25, 0.3) is 0 Å². The molecule has 0 bridgehead atoms. The summed E-state index contributed by atoms with van der Waals surface area (Å²) in [5.74, 6) is -0.154. The molecule has 16 heavy (non-hydrogen) atoms. The van der Waals surface area contributed by atoms with Crippen molar-refractivity contribution in [1.29, 1.82) is 0 Å². The van der Waals surface area contributed by atoms with Crippen LogP contribution in [0.4, 0.5) is 10.6 Å². The van der Waals surface area contributed by atoms with Gasteiger partial charge in [0.1, 0.15) is 10.8 Å². The van der Waals surface area contributed by atoms with Gasteiger partial charge in [-0.05, 0) is 20.8 Å². The molecule has 1 amide bonds. The van der Waals surface area contributed by atoms with Crippen LogP contribution in [0.5, 0.6) is 0 Å². The molecule has 0 atom stereocenters. The lowest BCUT2D eigenvalue weighted by molar-refractivity contribution is 0.0635. The van der Waals surface area contributed by atoms with E-state index in [1.165, 1.54) is 0 Å². The van der Waals surface area contributed by atoms with Gasteiger partial charge in [0.05, 0.1) is 0 Å². The average Bonchev–Trinajstić information content (AvgIpc) is 2.06. The van der Waals surface area contributed by atoms with Crippen molar-refractivity contribution in [1.82, 2.24) is 10.2 Å². The first kappa shape index (κ1) is 12.5. The Morgan fingerprint density at radius 3 is 2.69 bits per heavy atom. The van der Waals surface area contributed by atoms with Gasteiger partial charge in [0.15, 0.2) is 0 Å². The number of carbonyl (C=O) groups is 1. The van der Waals surface area contributed by atoms with Crippen LogP contribution in [-0.4, -0.2) is 21.9 Å². The van der Waals surface area contributed by atoms with Crippen molar-refractivity contribution in [2.45, 2.75) is 26.4 Å². The van der Waals surface area contributed by atoms with E-state index < -0.39 is 17.1 Å². The molecule has 0 fully saturated rings. The number of anilines is 1. The number of hydrogen-bond donors (Lipinski definition) is 2. The quantitative estimate of drug-likeness (QED) is 0.790. The van der Waals surface area contributed by atoms with Crippen molar-refractivity contribution < 1.29 is 9.53 Å². The number of aromatic nitrogens is 2. The van der Waals surface area contributed by atoms with Crippen LogP contribution < -0.4 is 10.7 Å². The van der Waals surface area contributed by atoms with Gasteiger partial charge in [-0.1, -0.05) is 11.6 Å². The zero-order valence-corrected chi connectivity index (χ0v) is 9.88. The highest BCUT2D eigenvalue weighted by atomic mass is 35.5. The largest absolute Gasteiger partial charge is 0.444 e. The van der Waals surface area contributed by atoms with E-state index in [2.05, 4.69) is 15.5 Å². The molecule has 0 aliphatic rings. The fraction of sp³-hybridized carbons (Fsp3) is 0.444. The van der Waals surface area contributed by atoms with Crippen LogP contribution in [-0.2, 0) is 4.74 Å². The summed E-state index contributed by atoms with van der Waals surface area (Å²) in [5.41, 5.74) is -1.13. The molecule has 0 aromatic carbocycles. The third-order valence-electron chi connectivity index (χ3n) is 1.39. The first-order chi connectivity index (χ1) is 7.28. The number of nitrogens with one attached hydrogen (secondary N) is 2. The van der Waals surface area contributed by atoms with Gasteiger partial charge in [-0.3, -0.25) is 15.2 Å². The average molecular weight is 246 g/mol. The fourth-order valence-electron chi connectivity index (χ4n) is 0.870. The van der Waals surface area contributed by atoms with E-state index in [-0.39, 0.29) is 11.0 Å². The molecule has 88 valence electrons. The Balaban J connectivity index is 2.74. The first-order valence-electron chi connectivity index (χ1n) is 4.53. The van der Waals surface area contributed by atoms with E-state index in [9.17, 15) is 9.59 Å². The monoisotopic (exact) mass is 245 g/mol. The van der Waals surface area contributed by atoms with Crippen molar-refractivity contribution in [3.05, 3.63) is 21.4 Å². The second-order valence-electron chi connectivity index (χ2n) is 4.06. The molecule has 2 N–H and O–H groups in total. The summed E-state index contributed by atoms with van der Waals surface area (Å²) in [6.07, 6.45) is -0.743. The van der Waals surface area contributed by atoms with Gasteiger partial charge in [0.2, 0.25) is 11.2 Å². The van der Waals surface area contributed by atoms with Crippen molar-refractivity contribution in [3.63, 3.8) is 0 Å². The van der Waals surface area contributed by atoms with Gasteiger partial charge >= 0.3 is 6.09 Å². The zero-order valence-electron chi connectivity index (χ0n) is 9.13.